The highest BCUT2D eigenvalue weighted by Gasteiger charge is 2.22. The molecule has 0 radical (unpaired) electrons. The molecule has 7 heteroatoms. The van der Waals surface area contributed by atoms with Gasteiger partial charge in [-0.3, -0.25) is 14.4 Å². The predicted octanol–water partition coefficient (Wildman–Crippen LogP) is 5.40. The predicted molar refractivity (Wildman–Crippen MR) is 116 cm³/mol. The average Bonchev–Trinajstić information content (AvgIpc) is 2.71. The molecule has 0 aliphatic heterocycles. The molecule has 5 nitrogen and oxygen atoms in total. The minimum Gasteiger partial charge on any atom is -0.494 e. The highest BCUT2D eigenvalue weighted by Crippen LogP contribution is 2.30. The van der Waals surface area contributed by atoms with E-state index in [1.807, 2.05) is 36.4 Å². The first kappa shape index (κ1) is 20.7. The van der Waals surface area contributed by atoms with Crippen LogP contribution in [0.25, 0.3) is 0 Å². The van der Waals surface area contributed by atoms with Gasteiger partial charge in [0, 0.05) is 11.2 Å². The SMILES string of the molecule is Cc1c(C=Nc2cc(Cl)ccc2Cl)c(O)n(C(C)c2ccccc2)c(=O)c1C#N. The molecule has 1 aromatic heterocycles. The molecule has 0 amide bonds. The minimum absolute atomic E-state index is 0.0516. The fourth-order valence-corrected chi connectivity index (χ4v) is 3.39. The van der Waals surface area contributed by atoms with Gasteiger partial charge in [-0.15, -0.1) is 0 Å². The smallest absolute Gasteiger partial charge is 0.272 e. The Bertz CT molecular complexity index is 1200. The van der Waals surface area contributed by atoms with Crippen LogP contribution in [-0.4, -0.2) is 15.9 Å². The number of aliphatic imine (C=N–C) groups is 1. The number of hydrogen-bond donors (Lipinski definition) is 1. The Kier molecular flexibility index (Phi) is 6.07. The molecule has 3 rings (SSSR count). The summed E-state index contributed by atoms with van der Waals surface area (Å²) in [6, 6.07) is 15.5. The van der Waals surface area contributed by atoms with Crippen LogP contribution in [0, 0.1) is 18.3 Å². The first-order valence-electron chi connectivity index (χ1n) is 8.77. The number of nitriles is 1. The van der Waals surface area contributed by atoms with Crippen LogP contribution in [-0.2, 0) is 0 Å². The molecule has 3 aromatic rings. The van der Waals surface area contributed by atoms with Gasteiger partial charge in [0.25, 0.3) is 5.56 Å². The number of aromatic hydroxyl groups is 1. The van der Waals surface area contributed by atoms with Gasteiger partial charge in [0.15, 0.2) is 0 Å². The quantitative estimate of drug-likeness (QED) is 0.568. The Morgan fingerprint density at radius 2 is 1.90 bits per heavy atom. The molecule has 0 bridgehead atoms. The van der Waals surface area contributed by atoms with E-state index in [1.165, 1.54) is 10.8 Å². The second kappa shape index (κ2) is 8.52. The lowest BCUT2D eigenvalue weighted by Gasteiger charge is -2.20. The zero-order valence-corrected chi connectivity index (χ0v) is 17.2. The van der Waals surface area contributed by atoms with Gasteiger partial charge >= 0.3 is 0 Å². The summed E-state index contributed by atoms with van der Waals surface area (Å²) in [6.45, 7) is 3.37. The van der Waals surface area contributed by atoms with Crippen molar-refractivity contribution in [1.29, 1.82) is 5.26 Å². The number of benzene rings is 2. The van der Waals surface area contributed by atoms with Crippen LogP contribution in [0.5, 0.6) is 5.88 Å². The molecule has 0 aliphatic rings. The molecule has 0 saturated heterocycles. The van der Waals surface area contributed by atoms with Gasteiger partial charge < -0.3 is 5.11 Å². The van der Waals surface area contributed by atoms with Crippen molar-refractivity contribution in [2.24, 2.45) is 4.99 Å². The number of aromatic nitrogens is 1. The highest BCUT2D eigenvalue weighted by molar-refractivity contribution is 6.35. The van der Waals surface area contributed by atoms with Crippen molar-refractivity contribution >= 4 is 35.1 Å². The summed E-state index contributed by atoms with van der Waals surface area (Å²) >= 11 is 12.1. The first-order valence-corrected chi connectivity index (χ1v) is 9.53. The standard InChI is InChI=1S/C22H17Cl2N3O2/c1-13-17(11-25)21(28)27(14(2)15-6-4-3-5-7-15)22(29)18(13)12-26-20-10-16(23)8-9-19(20)24/h3-10,12,14,29H,1-2H3. The van der Waals surface area contributed by atoms with Crippen LogP contribution in [0.15, 0.2) is 58.3 Å². The fourth-order valence-electron chi connectivity index (χ4n) is 3.05. The van der Waals surface area contributed by atoms with Crippen molar-refractivity contribution in [2.45, 2.75) is 19.9 Å². The Hall–Kier alpha value is -3.07. The lowest BCUT2D eigenvalue weighted by atomic mass is 10.0. The van der Waals surface area contributed by atoms with Gasteiger partial charge in [0.05, 0.1) is 22.3 Å². The maximum Gasteiger partial charge on any atom is 0.272 e. The Labute approximate surface area is 178 Å². The summed E-state index contributed by atoms with van der Waals surface area (Å²) in [6.07, 6.45) is 1.39. The zero-order chi connectivity index (χ0) is 21.1. The normalized spacial score (nSPS) is 12.1. The van der Waals surface area contributed by atoms with E-state index in [2.05, 4.69) is 4.99 Å². The zero-order valence-electron chi connectivity index (χ0n) is 15.7. The second-order valence-electron chi connectivity index (χ2n) is 6.46. The molecule has 0 saturated carbocycles. The summed E-state index contributed by atoms with van der Waals surface area (Å²) in [5.41, 5.74) is 1.22. The summed E-state index contributed by atoms with van der Waals surface area (Å²) in [5.74, 6) is -0.273. The molecule has 1 atom stereocenters. The summed E-state index contributed by atoms with van der Waals surface area (Å²) in [5, 5.41) is 21.3. The van der Waals surface area contributed by atoms with Crippen LogP contribution in [0.3, 0.4) is 0 Å². The van der Waals surface area contributed by atoms with Gasteiger partial charge in [-0.25, -0.2) is 0 Å². The minimum atomic E-state index is -0.559. The van der Waals surface area contributed by atoms with E-state index in [0.717, 1.165) is 5.56 Å². The highest BCUT2D eigenvalue weighted by atomic mass is 35.5. The number of hydrogen-bond acceptors (Lipinski definition) is 4. The van der Waals surface area contributed by atoms with E-state index >= 15 is 0 Å². The topological polar surface area (TPSA) is 78.4 Å². The van der Waals surface area contributed by atoms with E-state index < -0.39 is 11.6 Å². The van der Waals surface area contributed by atoms with Gasteiger partial charge in [-0.2, -0.15) is 5.26 Å². The third-order valence-corrected chi connectivity index (χ3v) is 5.26. The first-order chi connectivity index (χ1) is 13.8. The van der Waals surface area contributed by atoms with Crippen LogP contribution < -0.4 is 5.56 Å². The van der Waals surface area contributed by atoms with Crippen LogP contribution in [0.4, 0.5) is 5.69 Å². The van der Waals surface area contributed by atoms with Gasteiger partial charge in [-0.1, -0.05) is 53.5 Å². The largest absolute Gasteiger partial charge is 0.494 e. The Morgan fingerprint density at radius 3 is 2.55 bits per heavy atom. The summed E-state index contributed by atoms with van der Waals surface area (Å²) in [7, 11) is 0. The van der Waals surface area contributed by atoms with Crippen molar-refractivity contribution in [3.63, 3.8) is 0 Å². The third-order valence-electron chi connectivity index (χ3n) is 4.70. The molecule has 1 unspecified atom stereocenters. The van der Waals surface area contributed by atoms with E-state index in [9.17, 15) is 15.2 Å². The van der Waals surface area contributed by atoms with Crippen molar-refractivity contribution in [3.05, 3.63) is 91.2 Å². The molecule has 2 aromatic carbocycles. The maximum atomic E-state index is 12.9. The molecule has 1 N–H and O–H groups in total. The lowest BCUT2D eigenvalue weighted by molar-refractivity contribution is 0.393. The van der Waals surface area contributed by atoms with Crippen molar-refractivity contribution < 1.29 is 5.11 Å². The molecule has 0 spiro atoms. The number of halogens is 2. The van der Waals surface area contributed by atoms with Crippen LogP contribution in [0.1, 0.15) is 35.2 Å². The fraction of sp³-hybridized carbons (Fsp3) is 0.136. The average molecular weight is 426 g/mol. The molecular weight excluding hydrogens is 409 g/mol. The number of pyridine rings is 1. The third kappa shape index (κ3) is 4.04. The molecule has 0 aliphatic carbocycles. The summed E-state index contributed by atoms with van der Waals surface area (Å²) < 4.78 is 1.20. The maximum absolute atomic E-state index is 12.9. The molecule has 29 heavy (non-hydrogen) atoms. The summed E-state index contributed by atoms with van der Waals surface area (Å²) in [4.78, 5) is 17.2. The number of rotatable bonds is 4. The van der Waals surface area contributed by atoms with Crippen molar-refractivity contribution in [2.75, 3.05) is 0 Å². The van der Waals surface area contributed by atoms with Crippen LogP contribution >= 0.6 is 23.2 Å². The van der Waals surface area contributed by atoms with Crippen molar-refractivity contribution in [1.82, 2.24) is 4.57 Å². The monoisotopic (exact) mass is 425 g/mol. The molecular formula is C22H17Cl2N3O2. The van der Waals surface area contributed by atoms with E-state index in [-0.39, 0.29) is 17.0 Å². The van der Waals surface area contributed by atoms with Gasteiger partial charge in [0.1, 0.15) is 11.6 Å². The Morgan fingerprint density at radius 1 is 1.21 bits per heavy atom. The van der Waals surface area contributed by atoms with Gasteiger partial charge in [-0.05, 0) is 43.2 Å². The molecule has 146 valence electrons. The Balaban J connectivity index is 2.20. The van der Waals surface area contributed by atoms with Crippen molar-refractivity contribution in [3.8, 4) is 11.9 Å². The van der Waals surface area contributed by atoms with Gasteiger partial charge in [0.2, 0.25) is 5.88 Å². The second-order valence-corrected chi connectivity index (χ2v) is 7.31. The molecule has 1 heterocycles. The van der Waals surface area contributed by atoms with E-state index in [1.54, 1.807) is 32.0 Å². The van der Waals surface area contributed by atoms with Crippen LogP contribution in [0.2, 0.25) is 10.0 Å². The van der Waals surface area contributed by atoms with E-state index in [0.29, 0.717) is 21.3 Å². The lowest BCUT2D eigenvalue weighted by Crippen LogP contribution is -2.28. The van der Waals surface area contributed by atoms with E-state index in [4.69, 9.17) is 23.2 Å². The number of nitrogens with zero attached hydrogens (tertiary/aromatic N) is 3. The molecule has 0 fully saturated rings.